The number of nitrogens with zero attached hydrogens (tertiary/aromatic N) is 2. The first-order valence-corrected chi connectivity index (χ1v) is 5.59. The predicted molar refractivity (Wildman–Crippen MR) is 63.7 cm³/mol. The molecular weight excluding hydrogens is 186 g/mol. The van der Waals surface area contributed by atoms with E-state index in [-0.39, 0.29) is 0 Å². The zero-order valence-corrected chi connectivity index (χ0v) is 9.90. The molecule has 1 N–H and O–H groups in total. The number of aromatic nitrogens is 2. The molecule has 3 heteroatoms. The van der Waals surface area contributed by atoms with E-state index in [4.69, 9.17) is 0 Å². The Labute approximate surface area is 92.2 Å². The molecule has 0 bridgehead atoms. The second-order valence-corrected chi connectivity index (χ2v) is 3.96. The van der Waals surface area contributed by atoms with Crippen molar-refractivity contribution in [2.45, 2.75) is 39.8 Å². The molecule has 0 aliphatic heterocycles. The summed E-state index contributed by atoms with van der Waals surface area (Å²) >= 11 is 0. The second kappa shape index (κ2) is 6.40. The van der Waals surface area contributed by atoms with Gasteiger partial charge in [0.05, 0.1) is 6.20 Å². The Kier molecular flexibility index (Phi) is 5.12. The number of nitrogens with one attached hydrogen (secondary N) is 1. The van der Waals surface area contributed by atoms with Crippen LogP contribution in [0.5, 0.6) is 0 Å². The lowest BCUT2D eigenvalue weighted by Crippen LogP contribution is -2.13. The lowest BCUT2D eigenvalue weighted by atomic mass is 10.3. The summed E-state index contributed by atoms with van der Waals surface area (Å²) in [6.45, 7) is 8.25. The molecule has 0 aliphatic carbocycles. The van der Waals surface area contributed by atoms with Gasteiger partial charge in [-0.2, -0.15) is 5.10 Å². The van der Waals surface area contributed by atoms with Crippen LogP contribution in [0, 0.1) is 0 Å². The third-order valence-corrected chi connectivity index (χ3v) is 2.24. The summed E-state index contributed by atoms with van der Waals surface area (Å²) in [5.74, 6) is 0. The Hall–Kier alpha value is -1.09. The summed E-state index contributed by atoms with van der Waals surface area (Å²) in [7, 11) is 0. The van der Waals surface area contributed by atoms with Crippen molar-refractivity contribution in [1.29, 1.82) is 0 Å². The highest BCUT2D eigenvalue weighted by molar-refractivity contribution is 5.03. The van der Waals surface area contributed by atoms with Gasteiger partial charge in [0.2, 0.25) is 0 Å². The highest BCUT2D eigenvalue weighted by atomic mass is 15.3. The van der Waals surface area contributed by atoms with Crippen LogP contribution in [0.3, 0.4) is 0 Å². The van der Waals surface area contributed by atoms with Gasteiger partial charge in [-0.1, -0.05) is 12.2 Å². The predicted octanol–water partition coefficient (Wildman–Crippen LogP) is 2.52. The standard InChI is InChI=1S/C12H21N3/c1-4-5-6-7-13-8-12-9-14-15(10-12)11(2)3/h4-5,9-11,13H,6-8H2,1-3H3/b5-4+. The quantitative estimate of drug-likeness (QED) is 0.574. The molecule has 1 heterocycles. The number of hydrogen-bond donors (Lipinski definition) is 1. The highest BCUT2D eigenvalue weighted by Crippen LogP contribution is 2.04. The van der Waals surface area contributed by atoms with Crippen LogP contribution >= 0.6 is 0 Å². The molecule has 0 fully saturated rings. The molecule has 0 saturated heterocycles. The van der Waals surface area contributed by atoms with E-state index in [2.05, 4.69) is 42.6 Å². The Bertz CT molecular complexity index is 300. The Morgan fingerprint density at radius 3 is 2.93 bits per heavy atom. The van der Waals surface area contributed by atoms with Gasteiger partial charge in [0, 0.05) is 24.3 Å². The van der Waals surface area contributed by atoms with E-state index < -0.39 is 0 Å². The first-order chi connectivity index (χ1) is 7.24. The first-order valence-electron chi connectivity index (χ1n) is 5.59. The topological polar surface area (TPSA) is 29.9 Å². The summed E-state index contributed by atoms with van der Waals surface area (Å²) < 4.78 is 1.99. The largest absolute Gasteiger partial charge is 0.312 e. The monoisotopic (exact) mass is 207 g/mol. The van der Waals surface area contributed by atoms with Gasteiger partial charge >= 0.3 is 0 Å². The number of rotatable bonds is 6. The van der Waals surface area contributed by atoms with Crippen LogP contribution < -0.4 is 5.32 Å². The van der Waals surface area contributed by atoms with Gasteiger partial charge in [-0.3, -0.25) is 4.68 Å². The normalized spacial score (nSPS) is 11.7. The summed E-state index contributed by atoms with van der Waals surface area (Å²) in [5, 5.41) is 7.68. The third-order valence-electron chi connectivity index (χ3n) is 2.24. The number of allylic oxidation sites excluding steroid dienone is 1. The van der Waals surface area contributed by atoms with E-state index in [1.807, 2.05) is 17.8 Å². The van der Waals surface area contributed by atoms with E-state index >= 15 is 0 Å². The van der Waals surface area contributed by atoms with Crippen molar-refractivity contribution in [2.24, 2.45) is 0 Å². The fraction of sp³-hybridized carbons (Fsp3) is 0.583. The van der Waals surface area contributed by atoms with Gasteiger partial charge < -0.3 is 5.32 Å². The van der Waals surface area contributed by atoms with Crippen molar-refractivity contribution in [1.82, 2.24) is 15.1 Å². The maximum atomic E-state index is 4.29. The van der Waals surface area contributed by atoms with Gasteiger partial charge in [0.15, 0.2) is 0 Å². The summed E-state index contributed by atoms with van der Waals surface area (Å²) in [6.07, 6.45) is 9.38. The molecule has 0 aliphatic rings. The molecule has 0 radical (unpaired) electrons. The van der Waals surface area contributed by atoms with Gasteiger partial charge in [-0.15, -0.1) is 0 Å². The van der Waals surface area contributed by atoms with Crippen molar-refractivity contribution in [3.8, 4) is 0 Å². The minimum Gasteiger partial charge on any atom is -0.312 e. The molecule has 0 aromatic carbocycles. The molecule has 0 spiro atoms. The third kappa shape index (κ3) is 4.30. The van der Waals surface area contributed by atoms with Crippen molar-refractivity contribution >= 4 is 0 Å². The molecule has 0 saturated carbocycles. The minimum absolute atomic E-state index is 0.446. The van der Waals surface area contributed by atoms with Crippen molar-refractivity contribution < 1.29 is 0 Å². The Morgan fingerprint density at radius 2 is 2.33 bits per heavy atom. The van der Waals surface area contributed by atoms with E-state index in [0.717, 1.165) is 19.5 Å². The van der Waals surface area contributed by atoms with Gasteiger partial charge in [-0.05, 0) is 33.7 Å². The molecule has 1 aromatic heterocycles. The fourth-order valence-electron chi connectivity index (χ4n) is 1.34. The zero-order chi connectivity index (χ0) is 11.1. The summed E-state index contributed by atoms with van der Waals surface area (Å²) in [5.41, 5.74) is 1.25. The minimum atomic E-state index is 0.446. The Balaban J connectivity index is 2.25. The lowest BCUT2D eigenvalue weighted by Gasteiger charge is -2.03. The maximum absolute atomic E-state index is 4.29. The molecule has 0 amide bonds. The summed E-state index contributed by atoms with van der Waals surface area (Å²) in [4.78, 5) is 0. The average Bonchev–Trinajstić information content (AvgIpc) is 2.66. The second-order valence-electron chi connectivity index (χ2n) is 3.96. The van der Waals surface area contributed by atoms with Gasteiger partial charge in [-0.25, -0.2) is 0 Å². The molecule has 3 nitrogen and oxygen atoms in total. The number of hydrogen-bond acceptors (Lipinski definition) is 2. The average molecular weight is 207 g/mol. The van der Waals surface area contributed by atoms with E-state index in [9.17, 15) is 0 Å². The molecule has 1 rings (SSSR count). The van der Waals surface area contributed by atoms with Gasteiger partial charge in [0.25, 0.3) is 0 Å². The van der Waals surface area contributed by atoms with Crippen molar-refractivity contribution in [3.05, 3.63) is 30.1 Å². The lowest BCUT2D eigenvalue weighted by molar-refractivity contribution is 0.531. The molecular formula is C12H21N3. The van der Waals surface area contributed by atoms with Crippen molar-refractivity contribution in [3.63, 3.8) is 0 Å². The molecule has 1 aromatic rings. The zero-order valence-electron chi connectivity index (χ0n) is 9.90. The van der Waals surface area contributed by atoms with Crippen LogP contribution in [-0.4, -0.2) is 16.3 Å². The van der Waals surface area contributed by atoms with Crippen LogP contribution in [0.2, 0.25) is 0 Å². The van der Waals surface area contributed by atoms with Crippen LogP contribution in [-0.2, 0) is 6.54 Å². The maximum Gasteiger partial charge on any atom is 0.0534 e. The Morgan fingerprint density at radius 1 is 1.53 bits per heavy atom. The van der Waals surface area contributed by atoms with Crippen molar-refractivity contribution in [2.75, 3.05) is 6.54 Å². The molecule has 0 unspecified atom stereocenters. The highest BCUT2D eigenvalue weighted by Gasteiger charge is 2.00. The van der Waals surface area contributed by atoms with E-state index in [1.54, 1.807) is 0 Å². The summed E-state index contributed by atoms with van der Waals surface area (Å²) in [6, 6.07) is 0.446. The fourth-order valence-corrected chi connectivity index (χ4v) is 1.34. The smallest absolute Gasteiger partial charge is 0.0534 e. The van der Waals surface area contributed by atoms with Crippen LogP contribution in [0.1, 0.15) is 38.8 Å². The SMILES string of the molecule is C/C=C/CCNCc1cnn(C(C)C)c1. The molecule has 0 atom stereocenters. The molecule has 84 valence electrons. The first kappa shape index (κ1) is 12.0. The van der Waals surface area contributed by atoms with Crippen LogP contribution in [0.25, 0.3) is 0 Å². The van der Waals surface area contributed by atoms with Crippen LogP contribution in [0.4, 0.5) is 0 Å². The van der Waals surface area contributed by atoms with Crippen LogP contribution in [0.15, 0.2) is 24.5 Å². The van der Waals surface area contributed by atoms with E-state index in [1.165, 1.54) is 5.56 Å². The van der Waals surface area contributed by atoms with Gasteiger partial charge in [0.1, 0.15) is 0 Å². The molecule has 15 heavy (non-hydrogen) atoms. The van der Waals surface area contributed by atoms with E-state index in [0.29, 0.717) is 6.04 Å².